The Morgan fingerprint density at radius 3 is 2.58 bits per heavy atom. The molecule has 1 aromatic heterocycles. The third-order valence-electron chi connectivity index (χ3n) is 6.37. The topological polar surface area (TPSA) is 74.7 Å². The number of nitriles is 1. The number of carbonyl (C=O) groups excluding carboxylic acids is 1. The molecule has 1 aliphatic carbocycles. The zero-order valence-electron chi connectivity index (χ0n) is 18.6. The SMILES string of the molecule is CC(C)Cc1[nH+]c(N2CC[NH+](CC(=O)Nc3ccccc3)CC2)c(C#N)c2c1CCC2. The van der Waals surface area contributed by atoms with Gasteiger partial charge in [-0.15, -0.1) is 0 Å². The molecular weight excluding hydrogens is 386 g/mol. The molecule has 1 aliphatic heterocycles. The third kappa shape index (κ3) is 4.88. The molecule has 1 aromatic carbocycles. The summed E-state index contributed by atoms with van der Waals surface area (Å²) < 4.78 is 0. The first-order valence-corrected chi connectivity index (χ1v) is 11.5. The lowest BCUT2D eigenvalue weighted by molar-refractivity contribution is -0.892. The molecule has 0 unspecified atom stereocenters. The summed E-state index contributed by atoms with van der Waals surface area (Å²) in [7, 11) is 0. The van der Waals surface area contributed by atoms with Crippen LogP contribution in [0.5, 0.6) is 0 Å². The van der Waals surface area contributed by atoms with Gasteiger partial charge in [-0.1, -0.05) is 32.0 Å². The molecular formula is C25H33N5O+2. The van der Waals surface area contributed by atoms with E-state index in [2.05, 4.69) is 35.1 Å². The van der Waals surface area contributed by atoms with Crippen molar-refractivity contribution in [2.75, 3.05) is 42.9 Å². The Balaban J connectivity index is 1.44. The van der Waals surface area contributed by atoms with E-state index in [4.69, 9.17) is 0 Å². The Labute approximate surface area is 184 Å². The maximum atomic E-state index is 12.4. The molecule has 1 fully saturated rings. The van der Waals surface area contributed by atoms with Crippen LogP contribution in [0.4, 0.5) is 11.5 Å². The van der Waals surface area contributed by atoms with Gasteiger partial charge >= 0.3 is 0 Å². The summed E-state index contributed by atoms with van der Waals surface area (Å²) in [6, 6.07) is 12.1. The largest absolute Gasteiger partial charge is 0.321 e. The average Bonchev–Trinajstić information content (AvgIpc) is 3.24. The summed E-state index contributed by atoms with van der Waals surface area (Å²) in [6.45, 7) is 8.43. The number of carbonyl (C=O) groups is 1. The number of pyridine rings is 1. The molecule has 6 heteroatoms. The molecule has 0 bridgehead atoms. The van der Waals surface area contributed by atoms with Gasteiger partial charge in [0.05, 0.1) is 0 Å². The number of quaternary nitrogens is 1. The lowest BCUT2D eigenvalue weighted by Gasteiger charge is -2.29. The molecule has 2 aromatic rings. The smallest absolute Gasteiger partial charge is 0.293 e. The monoisotopic (exact) mass is 419 g/mol. The number of amides is 1. The quantitative estimate of drug-likeness (QED) is 0.743. The van der Waals surface area contributed by atoms with Crippen LogP contribution < -0.4 is 20.1 Å². The Morgan fingerprint density at radius 1 is 1.19 bits per heavy atom. The predicted octanol–water partition coefficient (Wildman–Crippen LogP) is 1.40. The first-order valence-electron chi connectivity index (χ1n) is 11.5. The van der Waals surface area contributed by atoms with Crippen LogP contribution in [0.25, 0.3) is 0 Å². The summed E-state index contributed by atoms with van der Waals surface area (Å²) >= 11 is 0. The maximum Gasteiger partial charge on any atom is 0.293 e. The fraction of sp³-hybridized carbons (Fsp3) is 0.480. The predicted molar refractivity (Wildman–Crippen MR) is 121 cm³/mol. The Morgan fingerprint density at radius 2 is 1.90 bits per heavy atom. The number of rotatable bonds is 6. The van der Waals surface area contributed by atoms with E-state index in [1.54, 1.807) is 0 Å². The van der Waals surface area contributed by atoms with E-state index in [1.165, 1.54) is 21.7 Å². The first kappa shape index (κ1) is 21.3. The lowest BCUT2D eigenvalue weighted by atomic mass is 9.97. The summed E-state index contributed by atoms with van der Waals surface area (Å²) in [5.41, 5.74) is 5.65. The number of anilines is 2. The van der Waals surface area contributed by atoms with Gasteiger partial charge in [-0.3, -0.25) is 4.79 Å². The minimum absolute atomic E-state index is 0.0516. The van der Waals surface area contributed by atoms with Crippen molar-refractivity contribution < 1.29 is 14.7 Å². The van der Waals surface area contributed by atoms with Crippen LogP contribution in [0.3, 0.4) is 0 Å². The van der Waals surface area contributed by atoms with Gasteiger partial charge in [0.2, 0.25) is 0 Å². The molecule has 3 N–H and O–H groups in total. The summed E-state index contributed by atoms with van der Waals surface area (Å²) in [5.74, 6) is 1.62. The van der Waals surface area contributed by atoms with Crippen LogP contribution in [0.1, 0.15) is 42.7 Å². The highest BCUT2D eigenvalue weighted by atomic mass is 16.2. The van der Waals surface area contributed by atoms with Crippen molar-refractivity contribution in [3.05, 3.63) is 52.7 Å². The Hall–Kier alpha value is -2.91. The number of hydrogen-bond donors (Lipinski definition) is 2. The molecule has 4 rings (SSSR count). The van der Waals surface area contributed by atoms with E-state index in [0.717, 1.165) is 68.9 Å². The highest BCUT2D eigenvalue weighted by Crippen LogP contribution is 2.31. The minimum Gasteiger partial charge on any atom is -0.321 e. The van der Waals surface area contributed by atoms with Crippen molar-refractivity contribution in [1.29, 1.82) is 5.26 Å². The number of fused-ring (bicyclic) bond motifs is 1. The van der Waals surface area contributed by atoms with Crippen molar-refractivity contribution in [3.63, 3.8) is 0 Å². The van der Waals surface area contributed by atoms with Crippen molar-refractivity contribution in [2.24, 2.45) is 5.92 Å². The number of aromatic amines is 1. The van der Waals surface area contributed by atoms with Gasteiger partial charge in [-0.2, -0.15) is 5.26 Å². The minimum atomic E-state index is 0.0516. The van der Waals surface area contributed by atoms with E-state index in [9.17, 15) is 10.1 Å². The number of nitrogens with one attached hydrogen (secondary N) is 3. The van der Waals surface area contributed by atoms with Gasteiger partial charge in [0.1, 0.15) is 43.5 Å². The van der Waals surface area contributed by atoms with Crippen molar-refractivity contribution in [1.82, 2.24) is 0 Å². The second-order valence-corrected chi connectivity index (χ2v) is 9.18. The molecule has 1 saturated heterocycles. The normalized spacial score (nSPS) is 16.3. The van der Waals surface area contributed by atoms with Crippen molar-refractivity contribution >= 4 is 17.4 Å². The number of benzene rings is 1. The third-order valence-corrected chi connectivity index (χ3v) is 6.37. The molecule has 0 atom stereocenters. The van der Waals surface area contributed by atoms with Gasteiger partial charge in [-0.05, 0) is 48.4 Å². The van der Waals surface area contributed by atoms with Gasteiger partial charge in [-0.25, -0.2) is 9.88 Å². The Bertz CT molecular complexity index is 972. The number of nitrogens with zero attached hydrogens (tertiary/aromatic N) is 2. The van der Waals surface area contributed by atoms with E-state index in [1.807, 2.05) is 30.3 Å². The van der Waals surface area contributed by atoms with Gasteiger partial charge in [0, 0.05) is 12.1 Å². The van der Waals surface area contributed by atoms with Crippen molar-refractivity contribution in [3.8, 4) is 6.07 Å². The molecule has 6 nitrogen and oxygen atoms in total. The summed E-state index contributed by atoms with van der Waals surface area (Å²) in [4.78, 5) is 19.7. The molecule has 0 spiro atoms. The van der Waals surface area contributed by atoms with E-state index in [0.29, 0.717) is 12.5 Å². The highest BCUT2D eigenvalue weighted by molar-refractivity contribution is 5.91. The first-order chi connectivity index (χ1) is 15.0. The van der Waals surface area contributed by atoms with Gasteiger partial charge in [0.25, 0.3) is 11.7 Å². The summed E-state index contributed by atoms with van der Waals surface area (Å²) in [6.07, 6.45) is 4.25. The fourth-order valence-electron chi connectivity index (χ4n) is 4.89. The van der Waals surface area contributed by atoms with Crippen LogP contribution in [-0.2, 0) is 24.1 Å². The van der Waals surface area contributed by atoms with Crippen LogP contribution in [-0.4, -0.2) is 38.6 Å². The molecule has 2 aliphatic rings. The highest BCUT2D eigenvalue weighted by Gasteiger charge is 2.34. The van der Waals surface area contributed by atoms with Crippen LogP contribution in [0.2, 0.25) is 0 Å². The lowest BCUT2D eigenvalue weighted by Crippen LogP contribution is -3.15. The van der Waals surface area contributed by atoms with Crippen LogP contribution >= 0.6 is 0 Å². The van der Waals surface area contributed by atoms with E-state index in [-0.39, 0.29) is 5.91 Å². The second-order valence-electron chi connectivity index (χ2n) is 9.18. The number of piperazine rings is 1. The number of para-hydroxylation sites is 1. The van der Waals surface area contributed by atoms with Gasteiger partial charge < -0.3 is 10.2 Å². The molecule has 1 amide bonds. The van der Waals surface area contributed by atoms with E-state index < -0.39 is 0 Å². The number of hydrogen-bond acceptors (Lipinski definition) is 3. The van der Waals surface area contributed by atoms with Crippen molar-refractivity contribution in [2.45, 2.75) is 39.5 Å². The molecule has 31 heavy (non-hydrogen) atoms. The van der Waals surface area contributed by atoms with Crippen LogP contribution in [0, 0.1) is 17.2 Å². The molecule has 162 valence electrons. The standard InChI is InChI=1S/C25H31N5O/c1-18(2)15-23-21-10-6-9-20(21)22(16-26)25(28-23)30-13-11-29(12-14-30)17-24(31)27-19-7-4-3-5-8-19/h3-5,7-8,18H,6,9-15,17H2,1-2H3,(H,27,31)/p+2. The molecule has 2 heterocycles. The number of H-pyrrole nitrogens is 1. The molecule has 0 radical (unpaired) electrons. The fourth-order valence-corrected chi connectivity index (χ4v) is 4.89. The summed E-state index contributed by atoms with van der Waals surface area (Å²) in [5, 5.41) is 12.9. The zero-order chi connectivity index (χ0) is 21.8. The van der Waals surface area contributed by atoms with Crippen LogP contribution in [0.15, 0.2) is 30.3 Å². The Kier molecular flexibility index (Phi) is 6.53. The zero-order valence-corrected chi connectivity index (χ0v) is 18.6. The maximum absolute atomic E-state index is 12.4. The van der Waals surface area contributed by atoms with E-state index >= 15 is 0 Å². The number of aromatic nitrogens is 1. The molecule has 0 saturated carbocycles. The average molecular weight is 420 g/mol. The van der Waals surface area contributed by atoms with Gasteiger partial charge in [0.15, 0.2) is 6.54 Å². The second kappa shape index (κ2) is 9.49.